The van der Waals surface area contributed by atoms with E-state index < -0.39 is 0 Å². The summed E-state index contributed by atoms with van der Waals surface area (Å²) in [6.45, 7) is 0.733. The molecule has 0 amide bonds. The van der Waals surface area contributed by atoms with Gasteiger partial charge in [-0.15, -0.1) is 0 Å². The number of fused-ring (bicyclic) bond motifs is 2. The van der Waals surface area contributed by atoms with Crippen LogP contribution in [0.4, 0.5) is 0 Å². The van der Waals surface area contributed by atoms with Gasteiger partial charge in [-0.1, -0.05) is 36.4 Å². The van der Waals surface area contributed by atoms with Gasteiger partial charge in [0.2, 0.25) is 0 Å². The van der Waals surface area contributed by atoms with Crippen LogP contribution in [0.15, 0.2) is 59.2 Å². The van der Waals surface area contributed by atoms with Crippen LogP contribution in [0.2, 0.25) is 0 Å². The van der Waals surface area contributed by atoms with Gasteiger partial charge in [-0.25, -0.2) is 0 Å². The molecule has 126 valence electrons. The molecule has 0 atom stereocenters. The van der Waals surface area contributed by atoms with Gasteiger partial charge in [-0.05, 0) is 59.4 Å². The van der Waals surface area contributed by atoms with E-state index in [0.29, 0.717) is 0 Å². The maximum absolute atomic E-state index is 5.70. The van der Waals surface area contributed by atoms with E-state index in [1.807, 2.05) is 12.3 Å². The Morgan fingerprint density at radius 3 is 2.72 bits per heavy atom. The van der Waals surface area contributed by atoms with Crippen LogP contribution >= 0.6 is 15.9 Å². The minimum atomic E-state index is 0.733. The number of nitrogens with two attached hydrogens (primary N) is 1. The summed E-state index contributed by atoms with van der Waals surface area (Å²) in [5.41, 5.74) is 11.6. The van der Waals surface area contributed by atoms with Crippen molar-refractivity contribution in [2.45, 2.75) is 19.3 Å². The number of nitrogens with one attached hydrogen (secondary N) is 1. The molecule has 0 fully saturated rings. The van der Waals surface area contributed by atoms with E-state index in [-0.39, 0.29) is 0 Å². The van der Waals surface area contributed by atoms with Crippen LogP contribution < -0.4 is 5.73 Å². The topological polar surface area (TPSA) is 54.7 Å². The van der Waals surface area contributed by atoms with E-state index in [1.54, 1.807) is 0 Å². The molecule has 0 unspecified atom stereocenters. The molecule has 2 aromatic heterocycles. The highest BCUT2D eigenvalue weighted by atomic mass is 79.9. The highest BCUT2D eigenvalue weighted by molar-refractivity contribution is 9.10. The molecular formula is C21H20BrN3. The van der Waals surface area contributed by atoms with E-state index in [0.717, 1.165) is 52.3 Å². The minimum Gasteiger partial charge on any atom is -0.353 e. The normalized spacial score (nSPS) is 11.4. The second-order valence-electron chi connectivity index (χ2n) is 6.27. The maximum Gasteiger partial charge on any atom is 0.0795 e. The van der Waals surface area contributed by atoms with Crippen LogP contribution in [0.3, 0.4) is 0 Å². The van der Waals surface area contributed by atoms with Gasteiger partial charge in [-0.2, -0.15) is 0 Å². The van der Waals surface area contributed by atoms with Crippen molar-refractivity contribution < 1.29 is 0 Å². The smallest absolute Gasteiger partial charge is 0.0795 e. The second-order valence-corrected chi connectivity index (χ2v) is 7.12. The zero-order valence-corrected chi connectivity index (χ0v) is 15.5. The fourth-order valence-electron chi connectivity index (χ4n) is 3.48. The number of aryl methyl sites for hydroxylation is 1. The average molecular weight is 394 g/mol. The van der Waals surface area contributed by atoms with Crippen molar-refractivity contribution in [1.82, 2.24) is 9.97 Å². The largest absolute Gasteiger partial charge is 0.353 e. The third-order valence-corrected chi connectivity index (χ3v) is 5.33. The van der Waals surface area contributed by atoms with Gasteiger partial charge in [0, 0.05) is 27.0 Å². The van der Waals surface area contributed by atoms with E-state index >= 15 is 0 Å². The number of aromatic amines is 1. The number of aromatic nitrogens is 2. The number of halogens is 1. The molecular weight excluding hydrogens is 374 g/mol. The van der Waals surface area contributed by atoms with Crippen molar-refractivity contribution in [1.29, 1.82) is 0 Å². The predicted molar refractivity (Wildman–Crippen MR) is 109 cm³/mol. The van der Waals surface area contributed by atoms with Gasteiger partial charge in [0.05, 0.1) is 16.7 Å². The number of pyridine rings is 1. The highest BCUT2D eigenvalue weighted by Gasteiger charge is 2.16. The summed E-state index contributed by atoms with van der Waals surface area (Å²) in [4.78, 5) is 8.29. The van der Waals surface area contributed by atoms with Crippen molar-refractivity contribution in [3.8, 4) is 11.3 Å². The van der Waals surface area contributed by atoms with E-state index in [9.17, 15) is 0 Å². The van der Waals surface area contributed by atoms with Gasteiger partial charge in [0.25, 0.3) is 0 Å². The molecule has 2 heterocycles. The number of rotatable bonds is 5. The summed E-state index contributed by atoms with van der Waals surface area (Å²) in [7, 11) is 0. The number of H-pyrrole nitrogens is 1. The van der Waals surface area contributed by atoms with Crippen LogP contribution in [-0.4, -0.2) is 16.5 Å². The van der Waals surface area contributed by atoms with E-state index in [1.165, 1.54) is 16.6 Å². The number of nitrogens with zero attached hydrogens (tertiary/aromatic N) is 1. The van der Waals surface area contributed by atoms with Crippen molar-refractivity contribution in [3.05, 3.63) is 64.8 Å². The van der Waals surface area contributed by atoms with Gasteiger partial charge < -0.3 is 10.7 Å². The lowest BCUT2D eigenvalue weighted by Gasteiger charge is -2.08. The van der Waals surface area contributed by atoms with Crippen molar-refractivity contribution in [2.75, 3.05) is 6.54 Å². The molecule has 25 heavy (non-hydrogen) atoms. The zero-order chi connectivity index (χ0) is 17.2. The predicted octanol–water partition coefficient (Wildman–Crippen LogP) is 5.43. The van der Waals surface area contributed by atoms with E-state index in [4.69, 9.17) is 5.73 Å². The molecule has 0 aliphatic carbocycles. The molecule has 0 spiro atoms. The first kappa shape index (κ1) is 16.3. The van der Waals surface area contributed by atoms with Crippen LogP contribution in [0.25, 0.3) is 33.1 Å². The average Bonchev–Trinajstić information content (AvgIpc) is 3.01. The first-order chi connectivity index (χ1) is 12.3. The van der Waals surface area contributed by atoms with Crippen LogP contribution in [-0.2, 0) is 6.42 Å². The van der Waals surface area contributed by atoms with Crippen molar-refractivity contribution in [2.24, 2.45) is 5.73 Å². The first-order valence-corrected chi connectivity index (χ1v) is 9.42. The fourth-order valence-corrected chi connectivity index (χ4v) is 3.94. The molecule has 0 aliphatic rings. The van der Waals surface area contributed by atoms with Crippen molar-refractivity contribution >= 4 is 37.7 Å². The molecule has 4 aromatic rings. The standard InChI is InChI=1S/C21H20BrN3/c22-18-11-4-9-16-15(8-1-2-12-23)20(25-21(16)18)17-10-3-6-14-7-5-13-24-19(14)17/h3-7,9-11,13,25H,1-2,8,12,23H2. The third-order valence-electron chi connectivity index (χ3n) is 4.67. The second kappa shape index (κ2) is 6.98. The zero-order valence-electron chi connectivity index (χ0n) is 13.9. The summed E-state index contributed by atoms with van der Waals surface area (Å²) < 4.78 is 1.09. The number of hydrogen-bond donors (Lipinski definition) is 2. The molecule has 3 N–H and O–H groups in total. The molecule has 0 bridgehead atoms. The number of hydrogen-bond acceptors (Lipinski definition) is 2. The molecule has 4 heteroatoms. The maximum atomic E-state index is 5.70. The Kier molecular flexibility index (Phi) is 4.55. The number of benzene rings is 2. The molecule has 0 saturated heterocycles. The van der Waals surface area contributed by atoms with Crippen LogP contribution in [0.1, 0.15) is 18.4 Å². The lowest BCUT2D eigenvalue weighted by molar-refractivity contribution is 0.748. The van der Waals surface area contributed by atoms with Gasteiger partial charge >= 0.3 is 0 Å². The Balaban J connectivity index is 1.96. The Labute approximate surface area is 155 Å². The Bertz CT molecular complexity index is 1030. The molecule has 4 rings (SSSR count). The molecule has 0 aliphatic heterocycles. The quantitative estimate of drug-likeness (QED) is 0.444. The third kappa shape index (κ3) is 2.96. The van der Waals surface area contributed by atoms with Gasteiger partial charge in [-0.3, -0.25) is 4.98 Å². The van der Waals surface area contributed by atoms with Gasteiger partial charge in [0.1, 0.15) is 0 Å². The Hall–Kier alpha value is -2.17. The molecule has 2 aromatic carbocycles. The minimum absolute atomic E-state index is 0.733. The monoisotopic (exact) mass is 393 g/mol. The first-order valence-electron chi connectivity index (χ1n) is 8.63. The summed E-state index contributed by atoms with van der Waals surface area (Å²) in [6.07, 6.45) is 4.99. The summed E-state index contributed by atoms with van der Waals surface area (Å²) >= 11 is 3.68. The Morgan fingerprint density at radius 2 is 1.84 bits per heavy atom. The van der Waals surface area contributed by atoms with Gasteiger partial charge in [0.15, 0.2) is 0 Å². The highest BCUT2D eigenvalue weighted by Crippen LogP contribution is 2.37. The number of para-hydroxylation sites is 2. The Morgan fingerprint density at radius 1 is 1.00 bits per heavy atom. The molecule has 0 radical (unpaired) electrons. The van der Waals surface area contributed by atoms with Crippen molar-refractivity contribution in [3.63, 3.8) is 0 Å². The fraction of sp³-hybridized carbons (Fsp3) is 0.190. The summed E-state index contributed by atoms with van der Waals surface area (Å²) in [5.74, 6) is 0. The van der Waals surface area contributed by atoms with Crippen LogP contribution in [0.5, 0.6) is 0 Å². The summed E-state index contributed by atoms with van der Waals surface area (Å²) in [5, 5.41) is 2.43. The molecule has 3 nitrogen and oxygen atoms in total. The lowest BCUT2D eigenvalue weighted by atomic mass is 9.98. The SMILES string of the molecule is NCCCCc1c(-c2cccc3cccnc23)[nH]c2c(Br)cccc12. The molecule has 0 saturated carbocycles. The summed E-state index contributed by atoms with van der Waals surface area (Å²) in [6, 6.07) is 16.8. The lowest BCUT2D eigenvalue weighted by Crippen LogP contribution is -1.99. The number of unbranched alkanes of at least 4 members (excludes halogenated alkanes) is 1. The van der Waals surface area contributed by atoms with Crippen LogP contribution in [0, 0.1) is 0 Å². The van der Waals surface area contributed by atoms with E-state index in [2.05, 4.69) is 68.4 Å².